The number of morpholine rings is 1. The van der Waals surface area contributed by atoms with E-state index in [-0.39, 0.29) is 0 Å². The Morgan fingerprint density at radius 3 is 2.65 bits per heavy atom. The van der Waals surface area contributed by atoms with Crippen LogP contribution in [0.4, 0.5) is 5.69 Å². The second-order valence-electron chi connectivity index (χ2n) is 5.96. The standard InChI is InChI=1S/C18H20N4O/c19-15-5-6-16-17(11-15)20-21-18(16)14-3-1-13(2-4-14)12-22-7-9-23-10-8-22/h1-6,11H,7-10,12,19H2,(H,20,21). The number of hydrogen-bond acceptors (Lipinski definition) is 4. The monoisotopic (exact) mass is 308 g/mol. The summed E-state index contributed by atoms with van der Waals surface area (Å²) in [5.41, 5.74) is 10.9. The Morgan fingerprint density at radius 1 is 1.09 bits per heavy atom. The van der Waals surface area contributed by atoms with Gasteiger partial charge >= 0.3 is 0 Å². The first-order valence-corrected chi connectivity index (χ1v) is 7.92. The minimum Gasteiger partial charge on any atom is -0.399 e. The number of nitrogen functional groups attached to an aromatic ring is 1. The molecule has 4 rings (SSSR count). The average Bonchev–Trinajstić information content (AvgIpc) is 2.99. The number of aromatic nitrogens is 2. The summed E-state index contributed by atoms with van der Waals surface area (Å²) in [5.74, 6) is 0. The molecule has 2 aromatic carbocycles. The Hall–Kier alpha value is -2.37. The number of ether oxygens (including phenoxy) is 1. The molecule has 0 amide bonds. The Balaban J connectivity index is 1.57. The molecule has 1 fully saturated rings. The van der Waals surface area contributed by atoms with Crippen LogP contribution < -0.4 is 5.73 Å². The van der Waals surface area contributed by atoms with Crippen LogP contribution in [0.1, 0.15) is 5.56 Å². The van der Waals surface area contributed by atoms with E-state index >= 15 is 0 Å². The highest BCUT2D eigenvalue weighted by Gasteiger charge is 2.12. The van der Waals surface area contributed by atoms with Crippen LogP contribution in [0.5, 0.6) is 0 Å². The highest BCUT2D eigenvalue weighted by Crippen LogP contribution is 2.27. The van der Waals surface area contributed by atoms with Gasteiger partial charge in [0, 0.05) is 36.3 Å². The molecule has 5 nitrogen and oxygen atoms in total. The van der Waals surface area contributed by atoms with Gasteiger partial charge in [0.25, 0.3) is 0 Å². The highest BCUT2D eigenvalue weighted by atomic mass is 16.5. The molecule has 118 valence electrons. The van der Waals surface area contributed by atoms with Crippen molar-refractivity contribution in [3.05, 3.63) is 48.0 Å². The van der Waals surface area contributed by atoms with Gasteiger partial charge in [-0.15, -0.1) is 0 Å². The number of aromatic amines is 1. The molecule has 0 radical (unpaired) electrons. The lowest BCUT2D eigenvalue weighted by molar-refractivity contribution is 0.0342. The van der Waals surface area contributed by atoms with Crippen molar-refractivity contribution in [3.63, 3.8) is 0 Å². The molecule has 1 aliphatic heterocycles. The first-order chi connectivity index (χ1) is 11.3. The van der Waals surface area contributed by atoms with E-state index in [0.717, 1.165) is 60.7 Å². The van der Waals surface area contributed by atoms with Crippen LogP contribution in [0.2, 0.25) is 0 Å². The third kappa shape index (κ3) is 2.93. The minimum absolute atomic E-state index is 0.744. The fourth-order valence-electron chi connectivity index (χ4n) is 3.04. The van der Waals surface area contributed by atoms with E-state index < -0.39 is 0 Å². The molecule has 3 N–H and O–H groups in total. The number of anilines is 1. The van der Waals surface area contributed by atoms with E-state index in [9.17, 15) is 0 Å². The van der Waals surface area contributed by atoms with Gasteiger partial charge in [-0.25, -0.2) is 0 Å². The lowest BCUT2D eigenvalue weighted by atomic mass is 10.1. The highest BCUT2D eigenvalue weighted by molar-refractivity contribution is 5.94. The van der Waals surface area contributed by atoms with Crippen molar-refractivity contribution in [3.8, 4) is 11.3 Å². The molecular formula is C18H20N4O. The smallest absolute Gasteiger partial charge is 0.0999 e. The second-order valence-corrected chi connectivity index (χ2v) is 5.96. The predicted octanol–water partition coefficient (Wildman–Crippen LogP) is 2.64. The summed E-state index contributed by atoms with van der Waals surface area (Å²) in [6.07, 6.45) is 0. The molecule has 0 unspecified atom stereocenters. The zero-order valence-corrected chi connectivity index (χ0v) is 13.0. The molecule has 0 aliphatic carbocycles. The number of H-pyrrole nitrogens is 1. The lowest BCUT2D eigenvalue weighted by Crippen LogP contribution is -2.35. The van der Waals surface area contributed by atoms with Gasteiger partial charge < -0.3 is 10.5 Å². The molecule has 1 aromatic heterocycles. The fraction of sp³-hybridized carbons (Fsp3) is 0.278. The molecule has 2 heterocycles. The van der Waals surface area contributed by atoms with E-state index in [4.69, 9.17) is 10.5 Å². The molecule has 0 saturated carbocycles. The average molecular weight is 308 g/mol. The summed E-state index contributed by atoms with van der Waals surface area (Å²) in [5, 5.41) is 8.60. The Morgan fingerprint density at radius 2 is 1.87 bits per heavy atom. The van der Waals surface area contributed by atoms with E-state index in [1.807, 2.05) is 18.2 Å². The third-order valence-electron chi connectivity index (χ3n) is 4.32. The van der Waals surface area contributed by atoms with Crippen molar-refractivity contribution in [1.82, 2.24) is 15.1 Å². The summed E-state index contributed by atoms with van der Waals surface area (Å²) in [4.78, 5) is 2.42. The zero-order chi connectivity index (χ0) is 15.6. The number of nitrogens with zero attached hydrogens (tertiary/aromatic N) is 2. The summed E-state index contributed by atoms with van der Waals surface area (Å²) in [6, 6.07) is 14.5. The van der Waals surface area contributed by atoms with Crippen LogP contribution in [-0.2, 0) is 11.3 Å². The van der Waals surface area contributed by atoms with Gasteiger partial charge in [0.15, 0.2) is 0 Å². The Kier molecular flexibility index (Phi) is 3.73. The van der Waals surface area contributed by atoms with Gasteiger partial charge in [-0.05, 0) is 23.8 Å². The molecule has 0 atom stereocenters. The van der Waals surface area contributed by atoms with Crippen molar-refractivity contribution in [2.24, 2.45) is 0 Å². The van der Waals surface area contributed by atoms with Gasteiger partial charge in [0.05, 0.1) is 24.4 Å². The van der Waals surface area contributed by atoms with Crippen LogP contribution in [0.25, 0.3) is 22.2 Å². The molecule has 1 aliphatic rings. The van der Waals surface area contributed by atoms with Gasteiger partial charge in [0.1, 0.15) is 0 Å². The van der Waals surface area contributed by atoms with Gasteiger partial charge in [-0.1, -0.05) is 24.3 Å². The van der Waals surface area contributed by atoms with E-state index in [1.165, 1.54) is 5.56 Å². The molecule has 1 saturated heterocycles. The maximum Gasteiger partial charge on any atom is 0.0999 e. The molecule has 23 heavy (non-hydrogen) atoms. The molecule has 0 spiro atoms. The fourth-order valence-corrected chi connectivity index (χ4v) is 3.04. The first-order valence-electron chi connectivity index (χ1n) is 7.92. The quantitative estimate of drug-likeness (QED) is 0.730. The largest absolute Gasteiger partial charge is 0.399 e. The van der Waals surface area contributed by atoms with Gasteiger partial charge in [0.2, 0.25) is 0 Å². The third-order valence-corrected chi connectivity index (χ3v) is 4.32. The minimum atomic E-state index is 0.744. The van der Waals surface area contributed by atoms with Crippen LogP contribution in [0, 0.1) is 0 Å². The zero-order valence-electron chi connectivity index (χ0n) is 13.0. The van der Waals surface area contributed by atoms with Crippen LogP contribution >= 0.6 is 0 Å². The van der Waals surface area contributed by atoms with E-state index in [2.05, 4.69) is 39.4 Å². The SMILES string of the molecule is Nc1ccc2c(-c3ccc(CN4CCOCC4)cc3)n[nH]c2c1. The maximum absolute atomic E-state index is 5.82. The van der Waals surface area contributed by atoms with Gasteiger partial charge in [-0.2, -0.15) is 5.10 Å². The van der Waals surface area contributed by atoms with E-state index in [0.29, 0.717) is 0 Å². The Bertz CT molecular complexity index is 804. The van der Waals surface area contributed by atoms with Crippen molar-refractivity contribution >= 4 is 16.6 Å². The number of nitrogens with one attached hydrogen (secondary N) is 1. The summed E-state index contributed by atoms with van der Waals surface area (Å²) < 4.78 is 5.39. The predicted molar refractivity (Wildman–Crippen MR) is 92.0 cm³/mol. The lowest BCUT2D eigenvalue weighted by Gasteiger charge is -2.26. The number of rotatable bonds is 3. The van der Waals surface area contributed by atoms with Crippen LogP contribution in [0.3, 0.4) is 0 Å². The molecular weight excluding hydrogens is 288 g/mol. The number of benzene rings is 2. The van der Waals surface area contributed by atoms with Crippen LogP contribution in [-0.4, -0.2) is 41.4 Å². The number of nitrogens with two attached hydrogens (primary N) is 1. The van der Waals surface area contributed by atoms with Crippen molar-refractivity contribution in [1.29, 1.82) is 0 Å². The van der Waals surface area contributed by atoms with Crippen molar-refractivity contribution in [2.75, 3.05) is 32.0 Å². The van der Waals surface area contributed by atoms with Crippen LogP contribution in [0.15, 0.2) is 42.5 Å². The number of fused-ring (bicyclic) bond motifs is 1. The summed E-state index contributed by atoms with van der Waals surface area (Å²) in [6.45, 7) is 4.66. The number of hydrogen-bond donors (Lipinski definition) is 2. The normalized spacial score (nSPS) is 16.0. The van der Waals surface area contributed by atoms with E-state index in [1.54, 1.807) is 0 Å². The Labute approximate surface area is 135 Å². The first kappa shape index (κ1) is 14.2. The second kappa shape index (κ2) is 6.02. The molecule has 5 heteroatoms. The van der Waals surface area contributed by atoms with Gasteiger partial charge in [-0.3, -0.25) is 10.00 Å². The summed E-state index contributed by atoms with van der Waals surface area (Å²) >= 11 is 0. The van der Waals surface area contributed by atoms with Crippen molar-refractivity contribution < 1.29 is 4.74 Å². The molecule has 3 aromatic rings. The topological polar surface area (TPSA) is 67.2 Å². The van der Waals surface area contributed by atoms with Crippen molar-refractivity contribution in [2.45, 2.75) is 6.54 Å². The summed E-state index contributed by atoms with van der Waals surface area (Å²) in [7, 11) is 0. The maximum atomic E-state index is 5.82. The molecule has 0 bridgehead atoms.